The Morgan fingerprint density at radius 2 is 1.58 bits per heavy atom. The lowest BCUT2D eigenvalue weighted by atomic mass is 10.0. The number of halogens is 2. The van der Waals surface area contributed by atoms with Gasteiger partial charge in [-0.05, 0) is 92.2 Å². The largest absolute Gasteiger partial charge is 0.480 e. The van der Waals surface area contributed by atoms with Crippen molar-refractivity contribution in [1.82, 2.24) is 0 Å². The average molecular weight is 665 g/mol. The van der Waals surface area contributed by atoms with Crippen molar-refractivity contribution in [2.45, 2.75) is 0 Å². The Labute approximate surface area is 217 Å². The number of rotatable bonds is 6. The highest BCUT2D eigenvalue weighted by Gasteiger charge is 2.24. The minimum atomic E-state index is -0.506. The molecule has 3 aromatic rings. The highest BCUT2D eigenvalue weighted by molar-refractivity contribution is 14.1. The molecule has 0 fully saturated rings. The Kier molecular flexibility index (Phi) is 7.43. The van der Waals surface area contributed by atoms with Gasteiger partial charge in [-0.15, -0.1) is 0 Å². The van der Waals surface area contributed by atoms with E-state index in [0.717, 1.165) is 29.4 Å². The fourth-order valence-corrected chi connectivity index (χ4v) is 5.24. The van der Waals surface area contributed by atoms with Crippen molar-refractivity contribution in [1.29, 1.82) is 0 Å². The molecule has 166 valence electrons. The van der Waals surface area contributed by atoms with Gasteiger partial charge in [-0.1, -0.05) is 42.5 Å². The average Bonchev–Trinajstić information content (AvgIpc) is 3.19. The summed E-state index contributed by atoms with van der Waals surface area (Å²) in [6.07, 6.45) is 1.67. The summed E-state index contributed by atoms with van der Waals surface area (Å²) >= 11 is 4.24. The van der Waals surface area contributed by atoms with Gasteiger partial charge in [-0.2, -0.15) is 0 Å². The maximum atomic E-state index is 12.4. The summed E-state index contributed by atoms with van der Waals surface area (Å²) in [6.45, 7) is -0.175. The zero-order valence-corrected chi connectivity index (χ0v) is 21.7. The van der Waals surface area contributed by atoms with Crippen LogP contribution in [0.5, 0.6) is 5.75 Å². The van der Waals surface area contributed by atoms with E-state index in [1.807, 2.05) is 66.7 Å². The number of esters is 2. The molecule has 8 heteroatoms. The highest BCUT2D eigenvalue weighted by Crippen LogP contribution is 2.31. The third kappa shape index (κ3) is 5.61. The quantitative estimate of drug-likeness (QED) is 0.199. The van der Waals surface area contributed by atoms with E-state index in [2.05, 4.69) is 54.9 Å². The number of hydrogen-bond donors (Lipinski definition) is 0. The SMILES string of the molecule is COC(=O)COc1c(I)cc(/C=C2\N=C(c3ccc(-c4ccccc4)cc3)OC2=O)cc1I. The second kappa shape index (κ2) is 10.5. The number of aliphatic imine (C=N–C) groups is 1. The molecule has 0 amide bonds. The van der Waals surface area contributed by atoms with Crippen LogP contribution in [0.4, 0.5) is 0 Å². The van der Waals surface area contributed by atoms with Gasteiger partial charge in [0.25, 0.3) is 0 Å². The molecule has 0 atom stereocenters. The van der Waals surface area contributed by atoms with Gasteiger partial charge in [0.2, 0.25) is 5.90 Å². The van der Waals surface area contributed by atoms with Crippen LogP contribution in [-0.2, 0) is 19.1 Å². The summed E-state index contributed by atoms with van der Waals surface area (Å²) in [4.78, 5) is 28.2. The number of carbonyl (C=O) groups excluding carboxylic acids is 2. The van der Waals surface area contributed by atoms with Crippen LogP contribution in [0.25, 0.3) is 17.2 Å². The van der Waals surface area contributed by atoms with Gasteiger partial charge in [0.05, 0.1) is 14.3 Å². The van der Waals surface area contributed by atoms with E-state index in [0.29, 0.717) is 5.75 Å². The molecular formula is C25H17I2NO5. The minimum Gasteiger partial charge on any atom is -0.480 e. The molecule has 1 heterocycles. The number of nitrogens with zero attached hydrogens (tertiary/aromatic N) is 1. The minimum absolute atomic E-state index is 0.175. The number of benzene rings is 3. The summed E-state index contributed by atoms with van der Waals surface area (Å²) < 4.78 is 17.2. The first kappa shape index (κ1) is 23.4. The zero-order valence-electron chi connectivity index (χ0n) is 17.4. The van der Waals surface area contributed by atoms with Crippen molar-refractivity contribution in [3.63, 3.8) is 0 Å². The molecule has 0 saturated heterocycles. The van der Waals surface area contributed by atoms with E-state index in [1.165, 1.54) is 7.11 Å². The molecule has 0 bridgehead atoms. The van der Waals surface area contributed by atoms with E-state index in [9.17, 15) is 9.59 Å². The molecule has 3 aromatic carbocycles. The van der Waals surface area contributed by atoms with Crippen LogP contribution < -0.4 is 4.74 Å². The van der Waals surface area contributed by atoms with Crippen molar-refractivity contribution in [2.24, 2.45) is 4.99 Å². The highest BCUT2D eigenvalue weighted by atomic mass is 127. The number of carbonyl (C=O) groups is 2. The monoisotopic (exact) mass is 665 g/mol. The van der Waals surface area contributed by atoms with Crippen LogP contribution in [0.15, 0.2) is 77.4 Å². The lowest BCUT2D eigenvalue weighted by Crippen LogP contribution is -2.13. The second-order valence-corrected chi connectivity index (χ2v) is 9.28. The standard InChI is InChI=1S/C25H17I2NO5/c1-31-22(29)14-32-23-19(26)11-15(12-20(23)27)13-21-25(30)33-24(28-21)18-9-7-17(8-10-18)16-5-3-2-4-6-16/h2-13H,14H2,1H3/b21-13-. The van der Waals surface area contributed by atoms with Gasteiger partial charge in [0.1, 0.15) is 5.75 Å². The lowest BCUT2D eigenvalue weighted by Gasteiger charge is -2.10. The fraction of sp³-hybridized carbons (Fsp3) is 0.0800. The molecule has 0 unspecified atom stereocenters. The summed E-state index contributed by atoms with van der Waals surface area (Å²) in [5, 5.41) is 0. The summed E-state index contributed by atoms with van der Waals surface area (Å²) in [5.41, 5.74) is 3.89. The third-order valence-electron chi connectivity index (χ3n) is 4.75. The molecule has 4 rings (SSSR count). The number of methoxy groups -OCH3 is 1. The third-order valence-corrected chi connectivity index (χ3v) is 6.35. The van der Waals surface area contributed by atoms with Crippen LogP contribution in [0, 0.1) is 7.14 Å². The van der Waals surface area contributed by atoms with Crippen molar-refractivity contribution >= 4 is 69.1 Å². The van der Waals surface area contributed by atoms with Crippen molar-refractivity contribution in [2.75, 3.05) is 13.7 Å². The van der Waals surface area contributed by atoms with E-state index in [4.69, 9.17) is 9.47 Å². The summed E-state index contributed by atoms with van der Waals surface area (Å²) in [7, 11) is 1.31. The Morgan fingerprint density at radius 1 is 0.970 bits per heavy atom. The van der Waals surface area contributed by atoms with Gasteiger partial charge < -0.3 is 14.2 Å². The Morgan fingerprint density at radius 3 is 2.21 bits per heavy atom. The van der Waals surface area contributed by atoms with Crippen LogP contribution in [-0.4, -0.2) is 31.6 Å². The maximum Gasteiger partial charge on any atom is 0.363 e. The Hall–Kier alpha value is -2.73. The first-order valence-electron chi connectivity index (χ1n) is 9.81. The summed E-state index contributed by atoms with van der Waals surface area (Å²) in [6, 6.07) is 21.4. The van der Waals surface area contributed by atoms with Crippen LogP contribution in [0.3, 0.4) is 0 Å². The molecule has 0 N–H and O–H groups in total. The number of cyclic esters (lactones) is 1. The first-order chi connectivity index (χ1) is 15.9. The predicted octanol–water partition coefficient (Wildman–Crippen LogP) is 5.46. The van der Waals surface area contributed by atoms with Crippen LogP contribution >= 0.6 is 45.2 Å². The lowest BCUT2D eigenvalue weighted by molar-refractivity contribution is -0.143. The molecule has 0 aromatic heterocycles. The zero-order chi connectivity index (χ0) is 23.4. The summed E-state index contributed by atoms with van der Waals surface area (Å²) in [5.74, 6) is -0.109. The molecule has 33 heavy (non-hydrogen) atoms. The van der Waals surface area contributed by atoms with E-state index in [1.54, 1.807) is 6.08 Å². The van der Waals surface area contributed by atoms with Crippen molar-refractivity contribution < 1.29 is 23.8 Å². The number of hydrogen-bond acceptors (Lipinski definition) is 6. The van der Waals surface area contributed by atoms with Gasteiger partial charge in [0, 0.05) is 5.56 Å². The molecule has 1 aliphatic heterocycles. The van der Waals surface area contributed by atoms with Crippen molar-refractivity contribution in [3.8, 4) is 16.9 Å². The predicted molar refractivity (Wildman–Crippen MR) is 142 cm³/mol. The second-order valence-electron chi connectivity index (χ2n) is 6.96. The van der Waals surface area contributed by atoms with Gasteiger partial charge in [0.15, 0.2) is 12.3 Å². The van der Waals surface area contributed by atoms with E-state index >= 15 is 0 Å². The van der Waals surface area contributed by atoms with Gasteiger partial charge >= 0.3 is 11.9 Å². The Bertz CT molecular complexity index is 1240. The molecule has 0 radical (unpaired) electrons. The van der Waals surface area contributed by atoms with Gasteiger partial charge in [-0.3, -0.25) is 0 Å². The van der Waals surface area contributed by atoms with Crippen LogP contribution in [0.1, 0.15) is 11.1 Å². The molecular weight excluding hydrogens is 648 g/mol. The first-order valence-corrected chi connectivity index (χ1v) is 12.0. The number of ether oxygens (including phenoxy) is 3. The molecule has 0 saturated carbocycles. The molecule has 6 nitrogen and oxygen atoms in total. The van der Waals surface area contributed by atoms with Crippen molar-refractivity contribution in [3.05, 3.63) is 90.7 Å². The Balaban J connectivity index is 1.55. The fourth-order valence-electron chi connectivity index (χ4n) is 3.12. The normalized spacial score (nSPS) is 14.1. The molecule has 1 aliphatic rings. The van der Waals surface area contributed by atoms with E-state index in [-0.39, 0.29) is 18.2 Å². The van der Waals surface area contributed by atoms with E-state index < -0.39 is 11.9 Å². The topological polar surface area (TPSA) is 74.2 Å². The maximum absolute atomic E-state index is 12.4. The van der Waals surface area contributed by atoms with Crippen LogP contribution in [0.2, 0.25) is 0 Å². The molecule has 0 spiro atoms. The smallest absolute Gasteiger partial charge is 0.363 e. The van der Waals surface area contributed by atoms with Gasteiger partial charge in [-0.25, -0.2) is 14.6 Å². The molecule has 0 aliphatic carbocycles.